The lowest BCUT2D eigenvalue weighted by Crippen LogP contribution is -2.59. The third-order valence-corrected chi connectivity index (χ3v) is 12.3. The molecule has 0 bridgehead atoms. The molecule has 0 saturated carbocycles. The SMILES string of the molecule is CC/C=C\C/C=C\C/C=C\CCCCCCCC(=O)OC[C@H](CO[C@@H]1O[C@H](COC(=O)CCCCCCC/C=C\C/C=C\C/C=C\CC)[C@@H](O)[C@H](O)[C@H]1O)OC(=O)CCCCCCC/C=C\C/C=C\C/C=C\CC. The van der Waals surface area contributed by atoms with E-state index in [1.54, 1.807) is 0 Å². The molecule has 0 amide bonds. The van der Waals surface area contributed by atoms with Crippen LogP contribution >= 0.6 is 0 Å². The highest BCUT2D eigenvalue weighted by Crippen LogP contribution is 2.24. The van der Waals surface area contributed by atoms with Gasteiger partial charge in [-0.25, -0.2) is 0 Å². The van der Waals surface area contributed by atoms with E-state index in [0.29, 0.717) is 19.3 Å². The number of aliphatic hydroxyl groups is 3. The van der Waals surface area contributed by atoms with Gasteiger partial charge in [-0.05, 0) is 116 Å². The molecule has 420 valence electrons. The summed E-state index contributed by atoms with van der Waals surface area (Å²) < 4.78 is 28.4. The lowest BCUT2D eigenvalue weighted by Gasteiger charge is -2.40. The number of unbranched alkanes of at least 4 members (excludes halogenated alkanes) is 15. The van der Waals surface area contributed by atoms with Crippen LogP contribution in [0.25, 0.3) is 0 Å². The zero-order valence-corrected chi connectivity index (χ0v) is 46.3. The monoisotopic (exact) mass is 1030 g/mol. The van der Waals surface area contributed by atoms with Crippen molar-refractivity contribution in [2.45, 2.75) is 250 Å². The molecule has 0 aliphatic carbocycles. The molecule has 6 atom stereocenters. The first kappa shape index (κ1) is 67.9. The smallest absolute Gasteiger partial charge is 0.306 e. The molecule has 1 aliphatic rings. The third-order valence-electron chi connectivity index (χ3n) is 12.3. The van der Waals surface area contributed by atoms with Gasteiger partial charge in [-0.1, -0.05) is 188 Å². The number of ether oxygens (including phenoxy) is 5. The van der Waals surface area contributed by atoms with Crippen LogP contribution in [-0.4, -0.2) is 89.9 Å². The average molecular weight is 1040 g/mol. The molecule has 1 rings (SSSR count). The molecule has 1 fully saturated rings. The van der Waals surface area contributed by atoms with Gasteiger partial charge in [0.15, 0.2) is 12.4 Å². The Balaban J connectivity index is 2.58. The summed E-state index contributed by atoms with van der Waals surface area (Å²) in [7, 11) is 0. The van der Waals surface area contributed by atoms with E-state index in [0.717, 1.165) is 154 Å². The largest absolute Gasteiger partial charge is 0.463 e. The molecule has 0 spiro atoms. The first-order valence-corrected chi connectivity index (χ1v) is 28.9. The van der Waals surface area contributed by atoms with E-state index in [9.17, 15) is 29.7 Å². The second kappa shape index (κ2) is 51.0. The van der Waals surface area contributed by atoms with Crippen molar-refractivity contribution in [3.05, 3.63) is 109 Å². The minimum absolute atomic E-state index is 0.183. The fraction of sp³-hybridized carbons (Fsp3) is 0.667. The van der Waals surface area contributed by atoms with Crippen molar-refractivity contribution in [2.75, 3.05) is 19.8 Å². The Kier molecular flexibility index (Phi) is 46.8. The van der Waals surface area contributed by atoms with E-state index < -0.39 is 54.7 Å². The Hall–Kier alpha value is -4.13. The minimum Gasteiger partial charge on any atom is -0.463 e. The number of aliphatic hydroxyl groups excluding tert-OH is 3. The molecule has 0 aromatic carbocycles. The normalized spacial score (nSPS) is 19.1. The summed E-state index contributed by atoms with van der Waals surface area (Å²) in [6.45, 7) is 5.47. The second-order valence-electron chi connectivity index (χ2n) is 19.1. The predicted molar refractivity (Wildman–Crippen MR) is 302 cm³/mol. The van der Waals surface area contributed by atoms with Crippen LogP contribution in [-0.2, 0) is 38.1 Å². The Morgan fingerprint density at radius 2 is 0.757 bits per heavy atom. The van der Waals surface area contributed by atoms with Crippen molar-refractivity contribution in [3.63, 3.8) is 0 Å². The van der Waals surface area contributed by atoms with Gasteiger partial charge < -0.3 is 39.0 Å². The molecule has 1 heterocycles. The van der Waals surface area contributed by atoms with E-state index in [1.165, 1.54) is 0 Å². The molecule has 0 unspecified atom stereocenters. The highest BCUT2D eigenvalue weighted by Gasteiger charge is 2.45. The lowest BCUT2D eigenvalue weighted by atomic mass is 9.99. The molecule has 1 aliphatic heterocycles. The summed E-state index contributed by atoms with van der Waals surface area (Å²) in [4.78, 5) is 38.4. The Labute approximate surface area is 449 Å². The van der Waals surface area contributed by atoms with Crippen LogP contribution in [0, 0.1) is 0 Å². The summed E-state index contributed by atoms with van der Waals surface area (Å²) in [5, 5.41) is 32.2. The number of rotatable bonds is 47. The van der Waals surface area contributed by atoms with E-state index >= 15 is 0 Å². The van der Waals surface area contributed by atoms with Crippen molar-refractivity contribution in [1.82, 2.24) is 0 Å². The van der Waals surface area contributed by atoms with Crippen molar-refractivity contribution < 1.29 is 53.4 Å². The summed E-state index contributed by atoms with van der Waals surface area (Å²) >= 11 is 0. The van der Waals surface area contributed by atoms with Crippen LogP contribution < -0.4 is 0 Å². The summed E-state index contributed by atoms with van der Waals surface area (Å²) in [6, 6.07) is 0. The minimum atomic E-state index is -1.66. The topological polar surface area (TPSA) is 158 Å². The van der Waals surface area contributed by atoms with Gasteiger partial charge in [-0.3, -0.25) is 14.4 Å². The summed E-state index contributed by atoms with van der Waals surface area (Å²) in [5.41, 5.74) is 0. The number of hydrogen-bond donors (Lipinski definition) is 3. The molecule has 0 radical (unpaired) electrons. The van der Waals surface area contributed by atoms with Crippen molar-refractivity contribution in [1.29, 1.82) is 0 Å². The molecular formula is C63H102O11. The highest BCUT2D eigenvalue weighted by molar-refractivity contribution is 5.70. The quantitative estimate of drug-likeness (QED) is 0.0231. The van der Waals surface area contributed by atoms with Crippen molar-refractivity contribution in [3.8, 4) is 0 Å². The number of allylic oxidation sites excluding steroid dienone is 18. The van der Waals surface area contributed by atoms with Crippen molar-refractivity contribution >= 4 is 17.9 Å². The van der Waals surface area contributed by atoms with Gasteiger partial charge in [0.25, 0.3) is 0 Å². The number of carbonyl (C=O) groups is 3. The van der Waals surface area contributed by atoms with Gasteiger partial charge in [0.05, 0.1) is 6.61 Å². The molecule has 11 nitrogen and oxygen atoms in total. The first-order chi connectivity index (χ1) is 36.2. The fourth-order valence-corrected chi connectivity index (χ4v) is 7.93. The highest BCUT2D eigenvalue weighted by atomic mass is 16.7. The molecular weight excluding hydrogens is 933 g/mol. The molecule has 11 heteroatoms. The van der Waals surface area contributed by atoms with Crippen LogP contribution in [0.4, 0.5) is 0 Å². The third kappa shape index (κ3) is 41.2. The average Bonchev–Trinajstić information content (AvgIpc) is 3.39. The van der Waals surface area contributed by atoms with Gasteiger partial charge in [0, 0.05) is 19.3 Å². The first-order valence-electron chi connectivity index (χ1n) is 28.9. The van der Waals surface area contributed by atoms with E-state index in [1.807, 2.05) is 0 Å². The van der Waals surface area contributed by atoms with Crippen LogP contribution in [0.1, 0.15) is 213 Å². The van der Waals surface area contributed by atoms with E-state index in [-0.39, 0.29) is 39.1 Å². The fourth-order valence-electron chi connectivity index (χ4n) is 7.93. The number of hydrogen-bond acceptors (Lipinski definition) is 11. The van der Waals surface area contributed by atoms with Crippen LogP contribution in [0.2, 0.25) is 0 Å². The Bertz CT molecular complexity index is 1640. The van der Waals surface area contributed by atoms with E-state index in [2.05, 4.69) is 130 Å². The zero-order chi connectivity index (χ0) is 53.8. The lowest BCUT2D eigenvalue weighted by molar-refractivity contribution is -0.305. The molecule has 0 aromatic heterocycles. The number of carbonyl (C=O) groups excluding carboxylic acids is 3. The summed E-state index contributed by atoms with van der Waals surface area (Å²) in [6.07, 6.45) is 57.9. The summed E-state index contributed by atoms with van der Waals surface area (Å²) in [5.74, 6) is -1.32. The van der Waals surface area contributed by atoms with Crippen LogP contribution in [0.3, 0.4) is 0 Å². The maximum Gasteiger partial charge on any atom is 0.306 e. The maximum atomic E-state index is 13.0. The number of esters is 3. The van der Waals surface area contributed by atoms with Gasteiger partial charge >= 0.3 is 17.9 Å². The van der Waals surface area contributed by atoms with Gasteiger partial charge in [0.1, 0.15) is 37.6 Å². The predicted octanol–water partition coefficient (Wildman–Crippen LogP) is 14.6. The van der Waals surface area contributed by atoms with Gasteiger partial charge in [0.2, 0.25) is 0 Å². The second-order valence-corrected chi connectivity index (χ2v) is 19.1. The Morgan fingerprint density at radius 1 is 0.405 bits per heavy atom. The molecule has 74 heavy (non-hydrogen) atoms. The van der Waals surface area contributed by atoms with Crippen molar-refractivity contribution in [2.24, 2.45) is 0 Å². The van der Waals surface area contributed by atoms with Crippen LogP contribution in [0.15, 0.2) is 109 Å². The Morgan fingerprint density at radius 3 is 1.18 bits per heavy atom. The van der Waals surface area contributed by atoms with E-state index in [4.69, 9.17) is 23.7 Å². The zero-order valence-electron chi connectivity index (χ0n) is 46.3. The van der Waals surface area contributed by atoms with Gasteiger partial charge in [-0.2, -0.15) is 0 Å². The van der Waals surface area contributed by atoms with Gasteiger partial charge in [-0.15, -0.1) is 0 Å². The molecule has 0 aromatic rings. The molecule has 3 N–H and O–H groups in total. The standard InChI is InChI=1S/C63H102O11/c1-4-7-10-13-16-19-22-25-28-31-34-37-40-43-46-49-57(64)70-52-55(73-59(66)51-48-45-42-39-36-33-30-27-24-21-18-15-12-9-6-3)53-72-63-62(69)61(68)60(67)56(74-63)54-71-58(65)50-47-44-41-38-35-32-29-26-23-20-17-14-11-8-5-2/h7-12,16-21,25-30,55-56,60-63,67-69H,4-6,13-15,22-24,31-54H2,1-3H3/b10-7-,11-8-,12-9-,19-16-,20-17-,21-18-,28-25-,29-26-,30-27-/t55-,56-,60-,61+,62-,63-/m1/s1. The molecule has 1 saturated heterocycles. The maximum absolute atomic E-state index is 13.0. The van der Waals surface area contributed by atoms with Crippen LogP contribution in [0.5, 0.6) is 0 Å².